The van der Waals surface area contributed by atoms with Gasteiger partial charge in [-0.3, -0.25) is 10.2 Å². The van der Waals surface area contributed by atoms with Crippen LogP contribution >= 0.6 is 11.3 Å². The minimum Gasteiger partial charge on any atom is -0.462 e. The lowest BCUT2D eigenvalue weighted by Crippen LogP contribution is -2.30. The molecule has 3 N–H and O–H groups in total. The summed E-state index contributed by atoms with van der Waals surface area (Å²) in [5.41, 5.74) is 2.31. The second-order valence-corrected chi connectivity index (χ2v) is 3.35. The van der Waals surface area contributed by atoms with Crippen molar-refractivity contribution in [1.82, 2.24) is 10.4 Å². The Labute approximate surface area is 83.5 Å². The van der Waals surface area contributed by atoms with E-state index in [-0.39, 0.29) is 0 Å². The highest BCUT2D eigenvalue weighted by Gasteiger charge is 2.11. The second-order valence-electron chi connectivity index (χ2n) is 2.49. The fourth-order valence-electron chi connectivity index (χ4n) is 0.965. The van der Waals surface area contributed by atoms with E-state index in [1.807, 2.05) is 5.43 Å². The molecule has 0 spiro atoms. The molecule has 72 valence electrons. The van der Waals surface area contributed by atoms with E-state index in [0.29, 0.717) is 16.5 Å². The Balaban J connectivity index is 2.31. The summed E-state index contributed by atoms with van der Waals surface area (Å²) in [5, 5.41) is 2.29. The van der Waals surface area contributed by atoms with Crippen LogP contribution in [0.15, 0.2) is 28.2 Å². The Morgan fingerprint density at radius 3 is 3.14 bits per heavy atom. The van der Waals surface area contributed by atoms with E-state index in [4.69, 9.17) is 10.3 Å². The molecule has 0 unspecified atom stereocenters. The maximum absolute atomic E-state index is 11.1. The van der Waals surface area contributed by atoms with Crippen LogP contribution in [-0.4, -0.2) is 10.9 Å². The van der Waals surface area contributed by atoms with Crippen LogP contribution in [0.5, 0.6) is 0 Å². The van der Waals surface area contributed by atoms with Crippen LogP contribution in [0.25, 0.3) is 10.8 Å². The smallest absolute Gasteiger partial charge is 0.284 e. The van der Waals surface area contributed by atoms with Crippen LogP contribution in [-0.2, 0) is 0 Å². The molecule has 0 aliphatic heterocycles. The Morgan fingerprint density at radius 1 is 1.64 bits per heavy atom. The highest BCUT2D eigenvalue weighted by atomic mass is 32.1. The van der Waals surface area contributed by atoms with Gasteiger partial charge in [-0.15, -0.1) is 11.3 Å². The molecule has 5 nitrogen and oxygen atoms in total. The molecule has 2 rings (SSSR count). The van der Waals surface area contributed by atoms with Crippen molar-refractivity contribution >= 4 is 17.2 Å². The zero-order valence-corrected chi connectivity index (χ0v) is 7.88. The molecule has 0 radical (unpaired) electrons. The number of carbonyl (C=O) groups is 1. The van der Waals surface area contributed by atoms with E-state index >= 15 is 0 Å². The Bertz CT molecular complexity index is 435. The van der Waals surface area contributed by atoms with Crippen molar-refractivity contribution in [3.05, 3.63) is 29.5 Å². The number of hydrazine groups is 1. The summed E-state index contributed by atoms with van der Waals surface area (Å²) >= 11 is 1.33. The molecule has 0 aromatic carbocycles. The molecule has 14 heavy (non-hydrogen) atoms. The standard InChI is InChI=1S/C8H7N3O2S/c9-11-7(12)5-4-14-8(10-5)6-2-1-3-13-6/h1-4H,9H2,(H,11,12). The fraction of sp³-hybridized carbons (Fsp3) is 0. The van der Waals surface area contributed by atoms with Gasteiger partial charge < -0.3 is 4.42 Å². The van der Waals surface area contributed by atoms with Crippen LogP contribution in [0.2, 0.25) is 0 Å². The number of nitrogens with two attached hydrogens (primary N) is 1. The van der Waals surface area contributed by atoms with Crippen molar-refractivity contribution in [2.75, 3.05) is 0 Å². The first kappa shape index (κ1) is 8.92. The molecule has 0 bridgehead atoms. The maximum atomic E-state index is 11.1. The zero-order valence-electron chi connectivity index (χ0n) is 7.06. The van der Waals surface area contributed by atoms with Crippen LogP contribution in [0.4, 0.5) is 0 Å². The minimum absolute atomic E-state index is 0.295. The first-order valence-electron chi connectivity index (χ1n) is 3.81. The molecule has 2 aromatic heterocycles. The number of carbonyl (C=O) groups excluding carboxylic acids is 1. The van der Waals surface area contributed by atoms with Crippen LogP contribution in [0.1, 0.15) is 10.5 Å². The summed E-state index contributed by atoms with van der Waals surface area (Å²) < 4.78 is 5.13. The fourth-order valence-corrected chi connectivity index (χ4v) is 1.73. The van der Waals surface area contributed by atoms with E-state index in [2.05, 4.69) is 4.98 Å². The van der Waals surface area contributed by atoms with Crippen LogP contribution < -0.4 is 11.3 Å². The quantitative estimate of drug-likeness (QED) is 0.439. The number of hydrogen-bond donors (Lipinski definition) is 2. The number of nitrogens with zero attached hydrogens (tertiary/aromatic N) is 1. The number of nitrogens with one attached hydrogen (secondary N) is 1. The van der Waals surface area contributed by atoms with E-state index < -0.39 is 5.91 Å². The van der Waals surface area contributed by atoms with Gasteiger partial charge in [0.15, 0.2) is 10.8 Å². The van der Waals surface area contributed by atoms with Gasteiger partial charge in [0.2, 0.25) is 0 Å². The minimum atomic E-state index is -0.404. The highest BCUT2D eigenvalue weighted by Crippen LogP contribution is 2.23. The second kappa shape index (κ2) is 3.60. The summed E-state index contributed by atoms with van der Waals surface area (Å²) in [7, 11) is 0. The maximum Gasteiger partial charge on any atom is 0.284 e. The van der Waals surface area contributed by atoms with E-state index in [1.165, 1.54) is 11.3 Å². The van der Waals surface area contributed by atoms with Gasteiger partial charge in [-0.25, -0.2) is 10.8 Å². The molecular weight excluding hydrogens is 202 g/mol. The molecule has 0 fully saturated rings. The highest BCUT2D eigenvalue weighted by molar-refractivity contribution is 7.13. The molecule has 0 atom stereocenters. The van der Waals surface area contributed by atoms with Gasteiger partial charge >= 0.3 is 0 Å². The third kappa shape index (κ3) is 1.52. The predicted molar refractivity (Wildman–Crippen MR) is 51.5 cm³/mol. The molecule has 6 heteroatoms. The van der Waals surface area contributed by atoms with Gasteiger partial charge in [-0.05, 0) is 12.1 Å². The van der Waals surface area contributed by atoms with Crippen molar-refractivity contribution < 1.29 is 9.21 Å². The van der Waals surface area contributed by atoms with Crippen LogP contribution in [0.3, 0.4) is 0 Å². The third-order valence-electron chi connectivity index (χ3n) is 1.60. The average molecular weight is 209 g/mol. The van der Waals surface area contributed by atoms with Crippen molar-refractivity contribution in [3.8, 4) is 10.8 Å². The SMILES string of the molecule is NNC(=O)c1csc(-c2ccco2)n1. The number of furan rings is 1. The average Bonchev–Trinajstić information content (AvgIpc) is 2.86. The monoisotopic (exact) mass is 209 g/mol. The van der Waals surface area contributed by atoms with E-state index in [9.17, 15) is 4.79 Å². The summed E-state index contributed by atoms with van der Waals surface area (Å²) in [5.74, 6) is 5.21. The predicted octanol–water partition coefficient (Wildman–Crippen LogP) is 1.01. The Kier molecular flexibility index (Phi) is 2.30. The lowest BCUT2D eigenvalue weighted by Gasteiger charge is -1.91. The largest absolute Gasteiger partial charge is 0.462 e. The molecule has 0 saturated carbocycles. The molecular formula is C8H7N3O2S. The lowest BCUT2D eigenvalue weighted by atomic mass is 10.4. The van der Waals surface area contributed by atoms with Gasteiger partial charge in [0.25, 0.3) is 5.91 Å². The van der Waals surface area contributed by atoms with Crippen LogP contribution in [0, 0.1) is 0 Å². The molecule has 2 aromatic rings. The number of hydrogen-bond acceptors (Lipinski definition) is 5. The van der Waals surface area contributed by atoms with Crippen molar-refractivity contribution in [2.45, 2.75) is 0 Å². The summed E-state index contributed by atoms with van der Waals surface area (Å²) in [6.07, 6.45) is 1.55. The molecule has 0 aliphatic carbocycles. The van der Waals surface area contributed by atoms with Gasteiger partial charge in [-0.1, -0.05) is 0 Å². The molecule has 0 saturated heterocycles. The number of thiazole rings is 1. The van der Waals surface area contributed by atoms with Gasteiger partial charge in [0, 0.05) is 5.38 Å². The van der Waals surface area contributed by atoms with E-state index in [1.54, 1.807) is 23.8 Å². The normalized spacial score (nSPS) is 10.1. The number of aromatic nitrogens is 1. The van der Waals surface area contributed by atoms with Gasteiger partial charge in [0.05, 0.1) is 6.26 Å². The molecule has 0 aliphatic rings. The van der Waals surface area contributed by atoms with Crippen molar-refractivity contribution in [3.63, 3.8) is 0 Å². The summed E-state index contributed by atoms with van der Waals surface area (Å²) in [6.45, 7) is 0. The Morgan fingerprint density at radius 2 is 2.50 bits per heavy atom. The number of amides is 1. The number of nitrogen functional groups attached to an aromatic ring is 1. The van der Waals surface area contributed by atoms with E-state index in [0.717, 1.165) is 0 Å². The number of rotatable bonds is 2. The van der Waals surface area contributed by atoms with Crippen molar-refractivity contribution in [1.29, 1.82) is 0 Å². The van der Waals surface area contributed by atoms with Gasteiger partial charge in [-0.2, -0.15) is 0 Å². The molecule has 1 amide bonds. The summed E-state index contributed by atoms with van der Waals surface area (Å²) in [6, 6.07) is 3.54. The molecule has 2 heterocycles. The summed E-state index contributed by atoms with van der Waals surface area (Å²) in [4.78, 5) is 15.1. The lowest BCUT2D eigenvalue weighted by molar-refractivity contribution is 0.0949. The van der Waals surface area contributed by atoms with Gasteiger partial charge in [0.1, 0.15) is 5.69 Å². The first-order valence-corrected chi connectivity index (χ1v) is 4.69. The zero-order chi connectivity index (χ0) is 9.97. The van der Waals surface area contributed by atoms with Crippen molar-refractivity contribution in [2.24, 2.45) is 5.84 Å². The Hall–Kier alpha value is -1.66. The first-order chi connectivity index (χ1) is 6.81. The third-order valence-corrected chi connectivity index (χ3v) is 2.46. The topological polar surface area (TPSA) is 81.1 Å².